The number of hydrogen-bond donors (Lipinski definition) is 2. The highest BCUT2D eigenvalue weighted by Crippen LogP contribution is 2.47. The highest BCUT2D eigenvalue weighted by atomic mass is 16.3. The molecule has 0 saturated heterocycles. The molecule has 1 heterocycles. The Bertz CT molecular complexity index is 458. The third-order valence-corrected chi connectivity index (χ3v) is 4.70. The van der Waals surface area contributed by atoms with E-state index in [1.54, 1.807) is 0 Å². The van der Waals surface area contributed by atoms with Gasteiger partial charge in [-0.2, -0.15) is 0 Å². The van der Waals surface area contributed by atoms with E-state index in [0.29, 0.717) is 12.6 Å². The van der Waals surface area contributed by atoms with Crippen LogP contribution in [0.15, 0.2) is 18.3 Å². The molecule has 1 aromatic rings. The van der Waals surface area contributed by atoms with E-state index in [-0.39, 0.29) is 17.9 Å². The van der Waals surface area contributed by atoms with E-state index in [0.717, 1.165) is 25.0 Å². The zero-order chi connectivity index (χ0) is 13.3. The molecule has 1 aromatic heterocycles. The van der Waals surface area contributed by atoms with Crippen LogP contribution in [0.4, 0.5) is 0 Å². The van der Waals surface area contributed by atoms with Crippen LogP contribution in [-0.2, 0) is 0 Å². The first-order chi connectivity index (χ1) is 9.24. The second-order valence-electron chi connectivity index (χ2n) is 6.04. The standard InChI is InChI=1S/C15H22N2O2/c18-10-8-15(6-7-15)11-16-14(19)13-5-2-9-17(13)12-3-1-4-12/h2,5,9,12,18H,1,3-4,6-8,10-11H2,(H,16,19). The molecule has 2 saturated carbocycles. The molecule has 4 nitrogen and oxygen atoms in total. The highest BCUT2D eigenvalue weighted by Gasteiger charge is 2.42. The van der Waals surface area contributed by atoms with Gasteiger partial charge in [-0.25, -0.2) is 0 Å². The van der Waals surface area contributed by atoms with Crippen LogP contribution in [0.1, 0.15) is 55.1 Å². The number of rotatable bonds is 6. The van der Waals surface area contributed by atoms with Crippen molar-refractivity contribution in [1.82, 2.24) is 9.88 Å². The number of aliphatic hydroxyl groups is 1. The minimum atomic E-state index is 0.0288. The van der Waals surface area contributed by atoms with Crippen molar-refractivity contribution in [2.45, 2.75) is 44.6 Å². The van der Waals surface area contributed by atoms with E-state index in [2.05, 4.69) is 9.88 Å². The maximum atomic E-state index is 12.3. The maximum absolute atomic E-state index is 12.3. The van der Waals surface area contributed by atoms with Crippen LogP contribution in [0.25, 0.3) is 0 Å². The SMILES string of the molecule is O=C(NCC1(CCO)CC1)c1cccn1C1CCC1. The van der Waals surface area contributed by atoms with Crippen molar-refractivity contribution in [3.63, 3.8) is 0 Å². The van der Waals surface area contributed by atoms with Crippen molar-refractivity contribution < 1.29 is 9.90 Å². The Morgan fingerprint density at radius 3 is 2.84 bits per heavy atom. The minimum absolute atomic E-state index is 0.0288. The van der Waals surface area contributed by atoms with Crippen molar-refractivity contribution in [3.8, 4) is 0 Å². The summed E-state index contributed by atoms with van der Waals surface area (Å²) in [7, 11) is 0. The van der Waals surface area contributed by atoms with E-state index in [4.69, 9.17) is 5.11 Å². The van der Waals surface area contributed by atoms with E-state index < -0.39 is 0 Å². The lowest BCUT2D eigenvalue weighted by atomic mass is 9.93. The first-order valence-corrected chi connectivity index (χ1v) is 7.30. The summed E-state index contributed by atoms with van der Waals surface area (Å²) in [5.41, 5.74) is 0.961. The lowest BCUT2D eigenvalue weighted by Gasteiger charge is -2.29. The molecule has 4 heteroatoms. The van der Waals surface area contributed by atoms with E-state index >= 15 is 0 Å². The second kappa shape index (κ2) is 5.00. The number of carbonyl (C=O) groups excluding carboxylic acids is 1. The average Bonchev–Trinajstić information content (AvgIpc) is 2.93. The number of nitrogens with zero attached hydrogens (tertiary/aromatic N) is 1. The Hall–Kier alpha value is -1.29. The zero-order valence-corrected chi connectivity index (χ0v) is 11.3. The van der Waals surface area contributed by atoms with Crippen molar-refractivity contribution >= 4 is 5.91 Å². The summed E-state index contributed by atoms with van der Waals surface area (Å²) < 4.78 is 2.12. The molecular formula is C15H22N2O2. The molecule has 0 spiro atoms. The molecule has 2 fully saturated rings. The van der Waals surface area contributed by atoms with Crippen molar-refractivity contribution in [2.75, 3.05) is 13.2 Å². The van der Waals surface area contributed by atoms with Gasteiger partial charge in [0.1, 0.15) is 5.69 Å². The maximum Gasteiger partial charge on any atom is 0.267 e. The van der Waals surface area contributed by atoms with Crippen molar-refractivity contribution in [1.29, 1.82) is 0 Å². The van der Waals surface area contributed by atoms with Crippen molar-refractivity contribution in [2.24, 2.45) is 5.41 Å². The third kappa shape index (κ3) is 2.54. The molecular weight excluding hydrogens is 240 g/mol. The summed E-state index contributed by atoms with van der Waals surface area (Å²) in [5, 5.41) is 12.1. The molecule has 2 aliphatic carbocycles. The molecule has 2 N–H and O–H groups in total. The molecule has 1 amide bonds. The Morgan fingerprint density at radius 2 is 2.26 bits per heavy atom. The number of hydrogen-bond acceptors (Lipinski definition) is 2. The second-order valence-corrected chi connectivity index (χ2v) is 6.04. The Kier molecular flexibility index (Phi) is 3.35. The van der Waals surface area contributed by atoms with Gasteiger partial charge in [-0.15, -0.1) is 0 Å². The molecule has 0 atom stereocenters. The fourth-order valence-electron chi connectivity index (χ4n) is 2.86. The fraction of sp³-hybridized carbons (Fsp3) is 0.667. The van der Waals surface area contributed by atoms with Crippen molar-refractivity contribution in [3.05, 3.63) is 24.0 Å². The highest BCUT2D eigenvalue weighted by molar-refractivity contribution is 5.92. The molecule has 0 aromatic carbocycles. The minimum Gasteiger partial charge on any atom is -0.396 e. The molecule has 19 heavy (non-hydrogen) atoms. The van der Waals surface area contributed by atoms with Gasteiger partial charge in [0.25, 0.3) is 5.91 Å². The number of aliphatic hydroxyl groups excluding tert-OH is 1. The van der Waals surface area contributed by atoms with Gasteiger partial charge in [-0.3, -0.25) is 4.79 Å². The normalized spacial score (nSPS) is 20.9. The van der Waals surface area contributed by atoms with Gasteiger partial charge in [0.05, 0.1) is 0 Å². The van der Waals surface area contributed by atoms with Crippen LogP contribution in [0.3, 0.4) is 0 Å². The van der Waals surface area contributed by atoms with Crippen LogP contribution in [0, 0.1) is 5.41 Å². The molecule has 0 aliphatic heterocycles. The summed E-state index contributed by atoms with van der Waals surface area (Å²) in [6.45, 7) is 0.913. The van der Waals surface area contributed by atoms with Crippen LogP contribution >= 0.6 is 0 Å². The Balaban J connectivity index is 1.59. The number of aromatic nitrogens is 1. The van der Waals surface area contributed by atoms with E-state index in [1.165, 1.54) is 19.3 Å². The van der Waals surface area contributed by atoms with E-state index in [9.17, 15) is 4.79 Å². The summed E-state index contributed by atoms with van der Waals surface area (Å²) in [6.07, 6.45) is 8.70. The summed E-state index contributed by atoms with van der Waals surface area (Å²) >= 11 is 0. The average molecular weight is 262 g/mol. The monoisotopic (exact) mass is 262 g/mol. The summed E-state index contributed by atoms with van der Waals surface area (Å²) in [5.74, 6) is 0.0288. The zero-order valence-electron chi connectivity index (χ0n) is 11.3. The van der Waals surface area contributed by atoms with Crippen LogP contribution < -0.4 is 5.32 Å². The van der Waals surface area contributed by atoms with Gasteiger partial charge in [0, 0.05) is 25.4 Å². The third-order valence-electron chi connectivity index (χ3n) is 4.70. The Morgan fingerprint density at radius 1 is 1.47 bits per heavy atom. The van der Waals surface area contributed by atoms with Gasteiger partial charge in [0.2, 0.25) is 0 Å². The summed E-state index contributed by atoms with van der Waals surface area (Å²) in [4.78, 5) is 12.3. The van der Waals surface area contributed by atoms with E-state index in [1.807, 2.05) is 18.3 Å². The fourth-order valence-corrected chi connectivity index (χ4v) is 2.86. The molecule has 0 unspecified atom stereocenters. The predicted molar refractivity (Wildman–Crippen MR) is 73.0 cm³/mol. The van der Waals surface area contributed by atoms with Crippen LogP contribution in [-0.4, -0.2) is 28.7 Å². The van der Waals surface area contributed by atoms with Gasteiger partial charge in [-0.1, -0.05) is 0 Å². The quantitative estimate of drug-likeness (QED) is 0.825. The summed E-state index contributed by atoms with van der Waals surface area (Å²) in [6, 6.07) is 4.37. The molecule has 0 bridgehead atoms. The van der Waals surface area contributed by atoms with Gasteiger partial charge in [0.15, 0.2) is 0 Å². The topological polar surface area (TPSA) is 54.3 Å². The molecule has 104 valence electrons. The van der Waals surface area contributed by atoms with Crippen LogP contribution in [0.2, 0.25) is 0 Å². The van der Waals surface area contributed by atoms with Gasteiger partial charge in [-0.05, 0) is 56.1 Å². The first kappa shape index (κ1) is 12.7. The molecule has 0 radical (unpaired) electrons. The molecule has 2 aliphatic rings. The smallest absolute Gasteiger partial charge is 0.267 e. The number of nitrogens with one attached hydrogen (secondary N) is 1. The predicted octanol–water partition coefficient (Wildman–Crippen LogP) is 2.11. The lowest BCUT2D eigenvalue weighted by molar-refractivity contribution is 0.0925. The van der Waals surface area contributed by atoms with Gasteiger partial charge >= 0.3 is 0 Å². The Labute approximate surface area is 113 Å². The number of carbonyl (C=O) groups is 1. The lowest BCUT2D eigenvalue weighted by Crippen LogP contribution is -2.33. The molecule has 3 rings (SSSR count). The van der Waals surface area contributed by atoms with Crippen LogP contribution in [0.5, 0.6) is 0 Å². The first-order valence-electron chi connectivity index (χ1n) is 7.30. The number of amides is 1. The van der Waals surface area contributed by atoms with Gasteiger partial charge < -0.3 is 15.0 Å². The largest absolute Gasteiger partial charge is 0.396 e.